The maximum Gasteiger partial charge on any atom is 0.305 e. The second-order valence-corrected chi connectivity index (χ2v) is 6.37. The van der Waals surface area contributed by atoms with Gasteiger partial charge in [0.1, 0.15) is 11.4 Å². The number of esters is 1. The third kappa shape index (κ3) is 6.54. The molecular formula is C21H26N2O7. The van der Waals surface area contributed by atoms with Crippen LogP contribution < -0.4 is 19.5 Å². The Morgan fingerprint density at radius 3 is 2.43 bits per heavy atom. The zero-order valence-electron chi connectivity index (χ0n) is 17.3. The van der Waals surface area contributed by atoms with Gasteiger partial charge in [0, 0.05) is 30.3 Å². The largest absolute Gasteiger partial charge is 0.494 e. The van der Waals surface area contributed by atoms with Crippen molar-refractivity contribution in [1.29, 1.82) is 0 Å². The number of carbonyl (C=O) groups excluding carboxylic acids is 1. The first-order valence-corrected chi connectivity index (χ1v) is 9.45. The molecule has 2 aromatic carbocycles. The quantitative estimate of drug-likeness (QED) is 0.233. The molecule has 0 saturated carbocycles. The zero-order chi connectivity index (χ0) is 21.9. The molecule has 0 fully saturated rings. The first-order valence-electron chi connectivity index (χ1n) is 9.45. The lowest BCUT2D eigenvalue weighted by atomic mass is 10.2. The Morgan fingerprint density at radius 1 is 1.00 bits per heavy atom. The van der Waals surface area contributed by atoms with Crippen LogP contribution in [0.15, 0.2) is 36.4 Å². The molecule has 0 aliphatic rings. The average Bonchev–Trinajstić information content (AvgIpc) is 2.75. The molecule has 0 atom stereocenters. The van der Waals surface area contributed by atoms with Crippen LogP contribution in [0.25, 0.3) is 0 Å². The minimum atomic E-state index is -0.459. The standard InChI is InChI=1S/C21H26N2O7/c1-27-19-11-8-15(13-20(19)28-2)22-17-14-16(9-10-18(17)23(25)26)30-12-6-4-5-7-21(24)29-3/h8-11,13-14,22H,4-7,12H2,1-3H3. The highest BCUT2D eigenvalue weighted by molar-refractivity contribution is 5.72. The summed E-state index contributed by atoms with van der Waals surface area (Å²) in [7, 11) is 4.42. The van der Waals surface area contributed by atoms with Crippen molar-refractivity contribution in [2.45, 2.75) is 25.7 Å². The van der Waals surface area contributed by atoms with Gasteiger partial charge in [-0.2, -0.15) is 0 Å². The van der Waals surface area contributed by atoms with E-state index in [2.05, 4.69) is 10.1 Å². The van der Waals surface area contributed by atoms with E-state index in [0.717, 1.165) is 19.3 Å². The Morgan fingerprint density at radius 2 is 1.77 bits per heavy atom. The number of nitro benzene ring substituents is 1. The van der Waals surface area contributed by atoms with E-state index in [-0.39, 0.29) is 11.7 Å². The average molecular weight is 418 g/mol. The number of ether oxygens (including phenoxy) is 4. The van der Waals surface area contributed by atoms with Crippen molar-refractivity contribution < 1.29 is 28.7 Å². The lowest BCUT2D eigenvalue weighted by molar-refractivity contribution is -0.383. The van der Waals surface area contributed by atoms with Gasteiger partial charge in [0.2, 0.25) is 0 Å². The SMILES string of the molecule is COC(=O)CCCCCOc1ccc([N+](=O)[O-])c(Nc2ccc(OC)c(OC)c2)c1. The van der Waals surface area contributed by atoms with E-state index in [0.29, 0.717) is 41.7 Å². The molecule has 1 N–H and O–H groups in total. The highest BCUT2D eigenvalue weighted by atomic mass is 16.6. The molecule has 9 heteroatoms. The molecule has 0 radical (unpaired) electrons. The Bertz CT molecular complexity index is 870. The summed E-state index contributed by atoms with van der Waals surface area (Å²) in [6.45, 7) is 0.439. The summed E-state index contributed by atoms with van der Waals surface area (Å²) in [5, 5.41) is 14.4. The number of rotatable bonds is 12. The van der Waals surface area contributed by atoms with Gasteiger partial charge < -0.3 is 24.3 Å². The van der Waals surface area contributed by atoms with Crippen LogP contribution in [0.2, 0.25) is 0 Å². The number of anilines is 2. The first-order chi connectivity index (χ1) is 14.5. The van der Waals surface area contributed by atoms with Gasteiger partial charge in [0.15, 0.2) is 11.5 Å². The van der Waals surface area contributed by atoms with Crippen molar-refractivity contribution >= 4 is 23.0 Å². The van der Waals surface area contributed by atoms with Crippen LogP contribution in [-0.4, -0.2) is 38.8 Å². The minimum absolute atomic E-state index is 0.0739. The second kappa shape index (κ2) is 11.5. The molecule has 30 heavy (non-hydrogen) atoms. The van der Waals surface area contributed by atoms with E-state index in [9.17, 15) is 14.9 Å². The fraction of sp³-hybridized carbons (Fsp3) is 0.381. The summed E-state index contributed by atoms with van der Waals surface area (Å²) < 4.78 is 20.8. The first kappa shape index (κ1) is 22.8. The Kier molecular flexibility index (Phi) is 8.74. The predicted molar refractivity (Wildman–Crippen MR) is 112 cm³/mol. The summed E-state index contributed by atoms with van der Waals surface area (Å²) in [6.07, 6.45) is 2.68. The van der Waals surface area contributed by atoms with Gasteiger partial charge in [-0.25, -0.2) is 0 Å². The normalized spacial score (nSPS) is 10.2. The molecule has 2 rings (SSSR count). The zero-order valence-corrected chi connectivity index (χ0v) is 17.3. The summed E-state index contributed by atoms with van der Waals surface area (Å²) >= 11 is 0. The van der Waals surface area contributed by atoms with Crippen LogP contribution in [0.4, 0.5) is 17.1 Å². The summed E-state index contributed by atoms with van der Waals surface area (Å²) in [5.41, 5.74) is 0.835. The van der Waals surface area contributed by atoms with Gasteiger partial charge in [0.05, 0.1) is 32.9 Å². The monoisotopic (exact) mass is 418 g/mol. The number of nitro groups is 1. The molecule has 0 aromatic heterocycles. The van der Waals surface area contributed by atoms with E-state index in [4.69, 9.17) is 14.2 Å². The molecule has 0 bridgehead atoms. The lowest BCUT2D eigenvalue weighted by Gasteiger charge is -2.13. The topological polar surface area (TPSA) is 109 Å². The molecule has 0 saturated heterocycles. The molecule has 2 aromatic rings. The summed E-state index contributed by atoms with van der Waals surface area (Å²) in [5.74, 6) is 1.35. The van der Waals surface area contributed by atoms with E-state index in [1.165, 1.54) is 27.4 Å². The van der Waals surface area contributed by atoms with Crippen molar-refractivity contribution in [3.63, 3.8) is 0 Å². The number of hydrogen-bond acceptors (Lipinski definition) is 8. The van der Waals surface area contributed by atoms with Crippen LogP contribution in [0.5, 0.6) is 17.2 Å². The Hall–Kier alpha value is -3.49. The number of methoxy groups -OCH3 is 3. The van der Waals surface area contributed by atoms with Crippen molar-refractivity contribution in [3.05, 3.63) is 46.5 Å². The van der Waals surface area contributed by atoms with Gasteiger partial charge in [0.25, 0.3) is 5.69 Å². The fourth-order valence-electron chi connectivity index (χ4n) is 2.77. The van der Waals surface area contributed by atoms with Crippen LogP contribution in [0.3, 0.4) is 0 Å². The maximum atomic E-state index is 11.4. The van der Waals surface area contributed by atoms with E-state index in [1.54, 1.807) is 30.3 Å². The third-order valence-electron chi connectivity index (χ3n) is 4.35. The van der Waals surface area contributed by atoms with Crippen molar-refractivity contribution in [1.82, 2.24) is 0 Å². The molecule has 0 aliphatic heterocycles. The van der Waals surface area contributed by atoms with Gasteiger partial charge in [-0.1, -0.05) is 0 Å². The van der Waals surface area contributed by atoms with Crippen LogP contribution >= 0.6 is 0 Å². The Labute approximate surface area is 175 Å². The summed E-state index contributed by atoms with van der Waals surface area (Å²) in [6, 6.07) is 9.68. The number of benzene rings is 2. The molecule has 0 spiro atoms. The molecule has 0 unspecified atom stereocenters. The second-order valence-electron chi connectivity index (χ2n) is 6.37. The van der Waals surface area contributed by atoms with Crippen molar-refractivity contribution in [2.24, 2.45) is 0 Å². The van der Waals surface area contributed by atoms with E-state index >= 15 is 0 Å². The number of nitrogens with one attached hydrogen (secondary N) is 1. The van der Waals surface area contributed by atoms with Gasteiger partial charge in [-0.05, 0) is 37.5 Å². The van der Waals surface area contributed by atoms with E-state index < -0.39 is 4.92 Å². The molecule has 162 valence electrons. The van der Waals surface area contributed by atoms with Gasteiger partial charge >= 0.3 is 5.97 Å². The fourth-order valence-corrected chi connectivity index (χ4v) is 2.77. The van der Waals surface area contributed by atoms with Crippen molar-refractivity contribution in [2.75, 3.05) is 33.3 Å². The van der Waals surface area contributed by atoms with Crippen LogP contribution in [0, 0.1) is 10.1 Å². The number of hydrogen-bond donors (Lipinski definition) is 1. The molecule has 9 nitrogen and oxygen atoms in total. The minimum Gasteiger partial charge on any atom is -0.494 e. The highest BCUT2D eigenvalue weighted by Crippen LogP contribution is 2.35. The lowest BCUT2D eigenvalue weighted by Crippen LogP contribution is -2.02. The molecular weight excluding hydrogens is 392 g/mol. The number of unbranched alkanes of at least 4 members (excludes halogenated alkanes) is 2. The third-order valence-corrected chi connectivity index (χ3v) is 4.35. The smallest absolute Gasteiger partial charge is 0.305 e. The number of carbonyl (C=O) groups is 1. The van der Waals surface area contributed by atoms with Gasteiger partial charge in [-0.15, -0.1) is 0 Å². The molecule has 0 amide bonds. The Balaban J connectivity index is 2.04. The van der Waals surface area contributed by atoms with Crippen LogP contribution in [-0.2, 0) is 9.53 Å². The van der Waals surface area contributed by atoms with E-state index in [1.807, 2.05) is 0 Å². The highest BCUT2D eigenvalue weighted by Gasteiger charge is 2.16. The molecule has 0 aliphatic carbocycles. The predicted octanol–water partition coefficient (Wildman–Crippen LogP) is 4.47. The summed E-state index contributed by atoms with van der Waals surface area (Å²) in [4.78, 5) is 22.0. The van der Waals surface area contributed by atoms with Crippen LogP contribution in [0.1, 0.15) is 25.7 Å². The molecule has 0 heterocycles. The van der Waals surface area contributed by atoms with Crippen molar-refractivity contribution in [3.8, 4) is 17.2 Å². The van der Waals surface area contributed by atoms with Gasteiger partial charge in [-0.3, -0.25) is 14.9 Å². The number of nitrogens with zero attached hydrogens (tertiary/aromatic N) is 1. The maximum absolute atomic E-state index is 11.4.